The molecule has 1 aromatic carbocycles. The summed E-state index contributed by atoms with van der Waals surface area (Å²) in [7, 11) is 0. The van der Waals surface area contributed by atoms with Crippen LogP contribution in [0.1, 0.15) is 73.3 Å². The summed E-state index contributed by atoms with van der Waals surface area (Å²) in [5.74, 6) is -0.0889. The van der Waals surface area contributed by atoms with Gasteiger partial charge < -0.3 is 14.7 Å². The monoisotopic (exact) mass is 460 g/mol. The third-order valence-corrected chi connectivity index (χ3v) is 5.82. The number of ether oxygens (including phenoxy) is 1. The first-order valence-electron chi connectivity index (χ1n) is 10.9. The van der Waals surface area contributed by atoms with E-state index < -0.39 is 6.09 Å². The van der Waals surface area contributed by atoms with Gasteiger partial charge in [-0.25, -0.2) is 4.79 Å². The molecule has 0 heterocycles. The summed E-state index contributed by atoms with van der Waals surface area (Å²) in [4.78, 5) is 29.9. The molecule has 1 aromatic rings. The van der Waals surface area contributed by atoms with E-state index in [0.717, 1.165) is 27.8 Å². The second-order valence-corrected chi connectivity index (χ2v) is 8.20. The van der Waals surface area contributed by atoms with Crippen LogP contribution < -0.4 is 5.32 Å². The molecule has 0 aliphatic heterocycles. The highest BCUT2D eigenvalue weighted by Gasteiger charge is 2.31. The highest BCUT2D eigenvalue weighted by Crippen LogP contribution is 2.39. The lowest BCUT2D eigenvalue weighted by atomic mass is 9.77. The number of aryl methyl sites for hydroxylation is 2. The number of thiocarbonyl (C=S) groups is 1. The number of oxime groups is 1. The number of aliphatic hydroxyl groups excluding tert-OH is 1. The average molecular weight is 461 g/mol. The number of rotatable bonds is 8. The number of amides is 1. The summed E-state index contributed by atoms with van der Waals surface area (Å²) in [5, 5.41) is 17.0. The second-order valence-electron chi connectivity index (χ2n) is 7.80. The van der Waals surface area contributed by atoms with Crippen LogP contribution in [0.4, 0.5) is 4.79 Å². The average Bonchev–Trinajstić information content (AvgIpc) is 2.69. The molecular formula is C24H32N2O5S. The number of carbonyl (C=O) groups excluding carboxylic acids is 2. The molecule has 0 aromatic heterocycles. The van der Waals surface area contributed by atoms with Crippen molar-refractivity contribution < 1.29 is 24.3 Å². The molecule has 1 atom stereocenters. The van der Waals surface area contributed by atoms with Gasteiger partial charge in [-0.15, -0.1) is 0 Å². The van der Waals surface area contributed by atoms with Gasteiger partial charge in [0.2, 0.25) is 0 Å². The molecule has 0 spiro atoms. The Morgan fingerprint density at radius 2 is 1.97 bits per heavy atom. The summed E-state index contributed by atoms with van der Waals surface area (Å²) in [6.07, 6.45) is 2.66. The zero-order valence-electron chi connectivity index (χ0n) is 19.4. The van der Waals surface area contributed by atoms with Crippen LogP contribution in [0, 0.1) is 20.8 Å². The molecule has 0 saturated heterocycles. The molecule has 2 rings (SSSR count). The number of hydrogen-bond donors (Lipinski definition) is 2. The predicted octanol–water partition coefficient (Wildman–Crippen LogP) is 5.09. The van der Waals surface area contributed by atoms with E-state index in [-0.39, 0.29) is 29.1 Å². The maximum absolute atomic E-state index is 12.8. The number of carbonyl (C=O) groups is 2. The largest absolute Gasteiger partial charge is 0.512 e. The van der Waals surface area contributed by atoms with Gasteiger partial charge in [0.15, 0.2) is 5.78 Å². The molecule has 1 aliphatic carbocycles. The maximum Gasteiger partial charge on any atom is 0.412 e. The van der Waals surface area contributed by atoms with E-state index in [1.807, 2.05) is 33.8 Å². The Balaban J connectivity index is 2.29. The van der Waals surface area contributed by atoms with Crippen LogP contribution in [0.3, 0.4) is 0 Å². The van der Waals surface area contributed by atoms with E-state index in [9.17, 15) is 14.7 Å². The topological polar surface area (TPSA) is 97.2 Å². The van der Waals surface area contributed by atoms with Crippen LogP contribution in [0.2, 0.25) is 0 Å². The lowest BCUT2D eigenvalue weighted by Gasteiger charge is -2.28. The minimum absolute atomic E-state index is 0.0586. The summed E-state index contributed by atoms with van der Waals surface area (Å²) in [6, 6.07) is 2.00. The lowest BCUT2D eigenvalue weighted by molar-refractivity contribution is -0.116. The fraction of sp³-hybridized carbons (Fsp3) is 0.500. The van der Waals surface area contributed by atoms with Gasteiger partial charge in [0.1, 0.15) is 11.6 Å². The summed E-state index contributed by atoms with van der Waals surface area (Å²) >= 11 is 5.47. The van der Waals surface area contributed by atoms with Crippen LogP contribution in [0.15, 0.2) is 22.6 Å². The Hall–Kier alpha value is -2.74. The first-order chi connectivity index (χ1) is 15.2. The van der Waals surface area contributed by atoms with Crippen molar-refractivity contribution in [1.82, 2.24) is 5.32 Å². The van der Waals surface area contributed by atoms with Gasteiger partial charge in [0.05, 0.1) is 12.4 Å². The van der Waals surface area contributed by atoms with Crippen molar-refractivity contribution in [2.24, 2.45) is 5.16 Å². The van der Waals surface area contributed by atoms with Crippen LogP contribution >= 0.6 is 12.2 Å². The Morgan fingerprint density at radius 1 is 1.25 bits per heavy atom. The quantitative estimate of drug-likeness (QED) is 0.318. The Kier molecular flexibility index (Phi) is 9.38. The van der Waals surface area contributed by atoms with Gasteiger partial charge >= 0.3 is 6.09 Å². The summed E-state index contributed by atoms with van der Waals surface area (Å²) < 4.78 is 4.94. The molecule has 7 nitrogen and oxygen atoms in total. The van der Waals surface area contributed by atoms with Crippen molar-refractivity contribution in [3.05, 3.63) is 45.2 Å². The molecule has 174 valence electrons. The highest BCUT2D eigenvalue weighted by atomic mass is 32.1. The molecule has 1 amide bonds. The molecule has 1 aliphatic rings. The third-order valence-electron chi connectivity index (χ3n) is 5.52. The first-order valence-corrected chi connectivity index (χ1v) is 11.3. The molecule has 0 radical (unpaired) electrons. The van der Waals surface area contributed by atoms with Crippen molar-refractivity contribution >= 4 is 35.3 Å². The van der Waals surface area contributed by atoms with Gasteiger partial charge in [0, 0.05) is 30.2 Å². The Labute approximate surface area is 194 Å². The Morgan fingerprint density at radius 3 is 2.59 bits per heavy atom. The number of alkyl carbamates (subject to hydrolysis) is 1. The van der Waals surface area contributed by atoms with E-state index in [1.54, 1.807) is 13.1 Å². The van der Waals surface area contributed by atoms with Gasteiger partial charge in [-0.1, -0.05) is 23.4 Å². The first kappa shape index (κ1) is 25.5. The van der Waals surface area contributed by atoms with Crippen LogP contribution in [0.5, 0.6) is 0 Å². The normalized spacial score (nSPS) is 16.4. The number of aliphatic hydroxyl groups is 1. The summed E-state index contributed by atoms with van der Waals surface area (Å²) in [5.41, 5.74) is 5.06. The SMILES string of the molecule is CCON=CCCC1=C(O)CC(c2c(C)cc(C)c(C(=S)NC(=O)OCC)c2C)CC1=O. The van der Waals surface area contributed by atoms with Crippen LogP contribution in [0.25, 0.3) is 0 Å². The number of ketones is 1. The van der Waals surface area contributed by atoms with Crippen LogP contribution in [-0.4, -0.2) is 41.4 Å². The minimum atomic E-state index is -0.593. The van der Waals surface area contributed by atoms with Gasteiger partial charge in [-0.3, -0.25) is 10.1 Å². The van der Waals surface area contributed by atoms with Crippen LogP contribution in [-0.2, 0) is 14.4 Å². The van der Waals surface area contributed by atoms with E-state index in [2.05, 4.69) is 10.5 Å². The zero-order valence-corrected chi connectivity index (χ0v) is 20.2. The number of nitrogens with one attached hydrogen (secondary N) is 1. The fourth-order valence-corrected chi connectivity index (χ4v) is 4.71. The highest BCUT2D eigenvalue weighted by molar-refractivity contribution is 7.80. The Bertz CT molecular complexity index is 952. The molecule has 2 N–H and O–H groups in total. The number of nitrogens with zero attached hydrogens (tertiary/aromatic N) is 1. The second kappa shape index (κ2) is 11.8. The van der Waals surface area contributed by atoms with Gasteiger partial charge in [-0.05, 0) is 75.6 Å². The fourth-order valence-electron chi connectivity index (χ4n) is 4.31. The lowest BCUT2D eigenvalue weighted by Crippen LogP contribution is -2.32. The smallest absolute Gasteiger partial charge is 0.412 e. The van der Waals surface area contributed by atoms with Crippen molar-refractivity contribution in [3.63, 3.8) is 0 Å². The molecular weight excluding hydrogens is 428 g/mol. The van der Waals surface area contributed by atoms with Gasteiger partial charge in [-0.2, -0.15) is 0 Å². The minimum Gasteiger partial charge on any atom is -0.512 e. The van der Waals surface area contributed by atoms with Gasteiger partial charge in [0.25, 0.3) is 0 Å². The molecule has 0 bridgehead atoms. The number of allylic oxidation sites excluding steroid dienone is 2. The zero-order chi connectivity index (χ0) is 23.8. The van der Waals surface area contributed by atoms with Crippen molar-refractivity contribution in [1.29, 1.82) is 0 Å². The predicted molar refractivity (Wildman–Crippen MR) is 128 cm³/mol. The maximum atomic E-state index is 12.8. The standard InChI is InChI=1S/C24H32N2O5S/c1-6-30-24(29)26-23(32)22-15(4)11-14(3)21(16(22)5)17-12-19(27)18(20(28)13-17)9-8-10-25-31-7-2/h10-11,17,27H,6-9,12-13H2,1-5H3,(H,26,29,32). The molecule has 1 unspecified atom stereocenters. The molecule has 0 saturated carbocycles. The molecule has 8 heteroatoms. The summed E-state index contributed by atoms with van der Waals surface area (Å²) in [6.45, 7) is 10.2. The van der Waals surface area contributed by atoms with E-state index in [1.165, 1.54) is 0 Å². The number of benzene rings is 1. The molecule has 32 heavy (non-hydrogen) atoms. The number of hydrogen-bond acceptors (Lipinski definition) is 7. The van der Waals surface area contributed by atoms with E-state index in [4.69, 9.17) is 21.8 Å². The van der Waals surface area contributed by atoms with Crippen molar-refractivity contribution in [2.75, 3.05) is 13.2 Å². The van der Waals surface area contributed by atoms with Crippen molar-refractivity contribution in [2.45, 2.75) is 66.2 Å². The van der Waals surface area contributed by atoms with Crippen molar-refractivity contribution in [3.8, 4) is 0 Å². The van der Waals surface area contributed by atoms with E-state index >= 15 is 0 Å². The van der Waals surface area contributed by atoms with E-state index in [0.29, 0.717) is 37.9 Å². The number of Topliss-reactive ketones (excluding diaryl/α,β-unsaturated/α-hetero) is 1. The third kappa shape index (κ3) is 6.16. The molecule has 0 fully saturated rings.